The first kappa shape index (κ1) is 34.7. The zero-order chi connectivity index (χ0) is 40.2. The standard InChI is InChI=1S/C54H31N5O/c55-32-34-13-11-19-38(27-34)44-29-40(54-57-46(36-15-3-1-4-16-36)31-47(58-54)37-17-5-2-6-18-37)30-45(39-20-12-14-35(28-39)33-56)52(44)59-48-23-9-7-22-43(48)51-49(59)26-25-42-41-21-8-10-24-50(41)60-53(42)51/h1-31H. The van der Waals surface area contributed by atoms with E-state index in [2.05, 4.69) is 95.6 Å². The summed E-state index contributed by atoms with van der Waals surface area (Å²) in [5.41, 5.74) is 13.3. The monoisotopic (exact) mass is 765 g/mol. The van der Waals surface area contributed by atoms with Crippen LogP contribution in [0.2, 0.25) is 0 Å². The number of para-hydroxylation sites is 2. The van der Waals surface area contributed by atoms with Crippen molar-refractivity contribution in [1.29, 1.82) is 10.5 Å². The van der Waals surface area contributed by atoms with Crippen LogP contribution < -0.4 is 0 Å². The fourth-order valence-corrected chi connectivity index (χ4v) is 8.52. The molecule has 0 saturated carbocycles. The van der Waals surface area contributed by atoms with Crippen LogP contribution in [0.25, 0.3) is 106 Å². The van der Waals surface area contributed by atoms with E-state index in [1.165, 1.54) is 0 Å². The van der Waals surface area contributed by atoms with Crippen molar-refractivity contribution in [3.8, 4) is 74.0 Å². The minimum atomic E-state index is 0.539. The number of nitrogens with zero attached hydrogens (tertiary/aromatic N) is 5. The Balaban J connectivity index is 1.29. The minimum absolute atomic E-state index is 0.539. The summed E-state index contributed by atoms with van der Waals surface area (Å²) in [6.45, 7) is 0. The Morgan fingerprint density at radius 3 is 1.60 bits per heavy atom. The first-order valence-corrected chi connectivity index (χ1v) is 19.7. The van der Waals surface area contributed by atoms with Crippen molar-refractivity contribution in [2.24, 2.45) is 0 Å². The molecule has 0 unspecified atom stereocenters. The molecule has 0 aliphatic rings. The molecule has 0 atom stereocenters. The summed E-state index contributed by atoms with van der Waals surface area (Å²) >= 11 is 0. The maximum absolute atomic E-state index is 10.2. The summed E-state index contributed by atoms with van der Waals surface area (Å²) in [6, 6.07) is 67.6. The van der Waals surface area contributed by atoms with Gasteiger partial charge < -0.3 is 8.98 Å². The van der Waals surface area contributed by atoms with Gasteiger partial charge in [0.15, 0.2) is 5.82 Å². The summed E-state index contributed by atoms with van der Waals surface area (Å²) in [5, 5.41) is 24.5. The number of benzene rings is 8. The van der Waals surface area contributed by atoms with E-state index in [1.807, 2.05) is 109 Å². The molecule has 0 N–H and O–H groups in total. The molecule has 60 heavy (non-hydrogen) atoms. The zero-order valence-corrected chi connectivity index (χ0v) is 32.0. The Kier molecular flexibility index (Phi) is 8.15. The summed E-state index contributed by atoms with van der Waals surface area (Å²) in [5.74, 6) is 0.545. The molecule has 0 spiro atoms. The van der Waals surface area contributed by atoms with Crippen molar-refractivity contribution in [3.05, 3.63) is 199 Å². The van der Waals surface area contributed by atoms with Crippen molar-refractivity contribution in [3.63, 3.8) is 0 Å². The average Bonchev–Trinajstić information content (AvgIpc) is 3.87. The van der Waals surface area contributed by atoms with Crippen LogP contribution in [0.1, 0.15) is 11.1 Å². The lowest BCUT2D eigenvalue weighted by molar-refractivity contribution is 0.673. The first-order chi connectivity index (χ1) is 29.6. The van der Waals surface area contributed by atoms with Crippen molar-refractivity contribution in [1.82, 2.24) is 14.5 Å². The number of rotatable bonds is 6. The molecule has 8 aromatic carbocycles. The van der Waals surface area contributed by atoms with E-state index in [4.69, 9.17) is 14.4 Å². The van der Waals surface area contributed by atoms with Gasteiger partial charge in [-0.25, -0.2) is 9.97 Å². The maximum Gasteiger partial charge on any atom is 0.160 e. The molecule has 3 heterocycles. The number of furan rings is 1. The summed E-state index contributed by atoms with van der Waals surface area (Å²) in [7, 11) is 0. The summed E-state index contributed by atoms with van der Waals surface area (Å²) in [6.07, 6.45) is 0. The first-order valence-electron chi connectivity index (χ1n) is 19.7. The van der Waals surface area contributed by atoms with Gasteiger partial charge in [-0.2, -0.15) is 10.5 Å². The number of nitriles is 2. The molecule has 3 aromatic heterocycles. The molecule has 0 fully saturated rings. The van der Waals surface area contributed by atoms with Gasteiger partial charge >= 0.3 is 0 Å². The van der Waals surface area contributed by atoms with E-state index in [0.717, 1.165) is 99.8 Å². The molecule has 0 aliphatic heterocycles. The predicted molar refractivity (Wildman–Crippen MR) is 240 cm³/mol. The average molecular weight is 766 g/mol. The third-order valence-electron chi connectivity index (χ3n) is 11.2. The van der Waals surface area contributed by atoms with Gasteiger partial charge in [0.2, 0.25) is 0 Å². The fourth-order valence-electron chi connectivity index (χ4n) is 8.52. The lowest BCUT2D eigenvalue weighted by atomic mass is 9.91. The maximum atomic E-state index is 10.2. The topological polar surface area (TPSA) is 91.4 Å². The number of aromatic nitrogens is 3. The Hall–Kier alpha value is -8.58. The third kappa shape index (κ3) is 5.71. The van der Waals surface area contributed by atoms with Gasteiger partial charge in [0.25, 0.3) is 0 Å². The van der Waals surface area contributed by atoms with Crippen LogP contribution in [0.3, 0.4) is 0 Å². The quantitative estimate of drug-likeness (QED) is 0.168. The Bertz CT molecular complexity index is 3430. The Morgan fingerprint density at radius 1 is 0.433 bits per heavy atom. The molecular formula is C54H31N5O. The van der Waals surface area contributed by atoms with E-state index in [9.17, 15) is 10.5 Å². The van der Waals surface area contributed by atoms with Crippen molar-refractivity contribution in [2.45, 2.75) is 0 Å². The molecular weight excluding hydrogens is 735 g/mol. The highest BCUT2D eigenvalue weighted by molar-refractivity contribution is 6.24. The second-order valence-electron chi connectivity index (χ2n) is 14.8. The highest BCUT2D eigenvalue weighted by atomic mass is 16.3. The van der Waals surface area contributed by atoms with Crippen LogP contribution in [0, 0.1) is 22.7 Å². The molecule has 11 aromatic rings. The molecule has 0 bridgehead atoms. The minimum Gasteiger partial charge on any atom is -0.455 e. The fraction of sp³-hybridized carbons (Fsp3) is 0. The largest absolute Gasteiger partial charge is 0.455 e. The second kappa shape index (κ2) is 14.1. The van der Waals surface area contributed by atoms with Crippen LogP contribution in [-0.4, -0.2) is 14.5 Å². The zero-order valence-electron chi connectivity index (χ0n) is 32.0. The van der Waals surface area contributed by atoms with E-state index in [1.54, 1.807) is 0 Å². The normalized spacial score (nSPS) is 11.3. The van der Waals surface area contributed by atoms with Crippen LogP contribution >= 0.6 is 0 Å². The lowest BCUT2D eigenvalue weighted by Crippen LogP contribution is -2.03. The molecule has 6 heteroatoms. The SMILES string of the molecule is N#Cc1cccc(-c2cc(-c3nc(-c4ccccc4)cc(-c4ccccc4)n3)cc(-c3cccc(C#N)c3)c2-n2c3ccccc3c3c4oc5ccccc5c4ccc32)c1. The van der Waals surface area contributed by atoms with E-state index >= 15 is 0 Å². The van der Waals surface area contributed by atoms with Crippen LogP contribution in [0.5, 0.6) is 0 Å². The van der Waals surface area contributed by atoms with Gasteiger partial charge in [-0.15, -0.1) is 0 Å². The number of hydrogen-bond donors (Lipinski definition) is 0. The highest BCUT2D eigenvalue weighted by Gasteiger charge is 2.25. The highest BCUT2D eigenvalue weighted by Crippen LogP contribution is 2.46. The number of fused-ring (bicyclic) bond motifs is 7. The smallest absolute Gasteiger partial charge is 0.160 e. The summed E-state index contributed by atoms with van der Waals surface area (Å²) in [4.78, 5) is 10.5. The van der Waals surface area contributed by atoms with Gasteiger partial charge in [0, 0.05) is 44.0 Å². The molecule has 0 radical (unpaired) electrons. The third-order valence-corrected chi connectivity index (χ3v) is 11.2. The summed E-state index contributed by atoms with van der Waals surface area (Å²) < 4.78 is 8.99. The van der Waals surface area contributed by atoms with Crippen LogP contribution in [-0.2, 0) is 0 Å². The molecule has 0 aliphatic carbocycles. The number of hydrogen-bond acceptors (Lipinski definition) is 5. The Morgan fingerprint density at radius 2 is 0.983 bits per heavy atom. The molecule has 278 valence electrons. The Labute approximate surface area is 345 Å². The van der Waals surface area contributed by atoms with Crippen LogP contribution in [0.4, 0.5) is 0 Å². The molecule has 11 rings (SSSR count). The van der Waals surface area contributed by atoms with Gasteiger partial charge in [0.1, 0.15) is 11.2 Å². The van der Waals surface area contributed by atoms with E-state index in [-0.39, 0.29) is 0 Å². The second-order valence-corrected chi connectivity index (χ2v) is 14.8. The van der Waals surface area contributed by atoms with E-state index < -0.39 is 0 Å². The van der Waals surface area contributed by atoms with E-state index in [0.29, 0.717) is 17.0 Å². The van der Waals surface area contributed by atoms with Crippen molar-refractivity contribution in [2.75, 3.05) is 0 Å². The van der Waals surface area contributed by atoms with Gasteiger partial charge in [-0.1, -0.05) is 121 Å². The van der Waals surface area contributed by atoms with Crippen LogP contribution in [0.15, 0.2) is 192 Å². The lowest BCUT2D eigenvalue weighted by Gasteiger charge is -2.21. The van der Waals surface area contributed by atoms with Gasteiger partial charge in [-0.3, -0.25) is 0 Å². The molecule has 0 amide bonds. The van der Waals surface area contributed by atoms with Gasteiger partial charge in [0.05, 0.1) is 56.8 Å². The molecule has 6 nitrogen and oxygen atoms in total. The van der Waals surface area contributed by atoms with Crippen molar-refractivity contribution < 1.29 is 4.42 Å². The predicted octanol–water partition coefficient (Wildman–Crippen LogP) is 13.6. The van der Waals surface area contributed by atoms with Crippen molar-refractivity contribution >= 4 is 43.7 Å². The molecule has 0 saturated heterocycles. The van der Waals surface area contributed by atoms with Gasteiger partial charge in [-0.05, 0) is 77.9 Å².